The molecular formula is C33H36F6N4O2. The Kier molecular flexibility index (Phi) is 12.3. The summed E-state index contributed by atoms with van der Waals surface area (Å²) in [5.74, 6) is -3.84. The predicted molar refractivity (Wildman–Crippen MR) is 156 cm³/mol. The lowest BCUT2D eigenvalue weighted by Gasteiger charge is -2.32. The summed E-state index contributed by atoms with van der Waals surface area (Å²) in [4.78, 5) is 27.6. The van der Waals surface area contributed by atoms with Gasteiger partial charge in [0, 0.05) is 11.1 Å². The van der Waals surface area contributed by atoms with Crippen LogP contribution in [0.3, 0.4) is 0 Å². The number of nitrogens with zero attached hydrogens (tertiary/aromatic N) is 4. The molecule has 2 aromatic carbocycles. The van der Waals surface area contributed by atoms with Crippen LogP contribution in [0.4, 0.5) is 26.3 Å². The number of carbonyl (C=O) groups is 2. The first-order chi connectivity index (χ1) is 21.3. The second kappa shape index (κ2) is 15.5. The maximum Gasteiger partial charge on any atom is 0.454 e. The van der Waals surface area contributed by atoms with E-state index >= 15 is 0 Å². The van der Waals surface area contributed by atoms with Crippen LogP contribution < -0.4 is 0 Å². The van der Waals surface area contributed by atoms with Crippen molar-refractivity contribution in [3.8, 4) is 12.1 Å². The van der Waals surface area contributed by atoms with Crippen LogP contribution in [0.1, 0.15) is 101 Å². The van der Waals surface area contributed by atoms with E-state index in [2.05, 4.69) is 23.6 Å². The third-order valence-electron chi connectivity index (χ3n) is 8.46. The first-order valence-corrected chi connectivity index (χ1v) is 15.0. The van der Waals surface area contributed by atoms with Gasteiger partial charge in [-0.1, -0.05) is 38.1 Å². The lowest BCUT2D eigenvalue weighted by Crippen LogP contribution is -2.33. The number of nitriles is 2. The molecule has 2 fully saturated rings. The van der Waals surface area contributed by atoms with Crippen molar-refractivity contribution in [3.05, 3.63) is 69.8 Å². The van der Waals surface area contributed by atoms with Gasteiger partial charge in [-0.2, -0.15) is 36.9 Å². The highest BCUT2D eigenvalue weighted by Crippen LogP contribution is 2.35. The van der Waals surface area contributed by atoms with Gasteiger partial charge in [0.1, 0.15) is 12.1 Å². The SMILES string of the molecule is CCCN1CCC(c2cccc(C(=O)C(F)(F)F)c2C#N)CC1.CCN1CCC(c2cccc(C(=O)C(F)(F)F)c2C#N)CC1. The number of rotatable bonds is 7. The van der Waals surface area contributed by atoms with Crippen LogP contribution in [-0.4, -0.2) is 73.0 Å². The number of ketones is 2. The molecule has 242 valence electrons. The Bertz CT molecular complexity index is 1420. The van der Waals surface area contributed by atoms with Crippen LogP contribution in [0.2, 0.25) is 0 Å². The van der Waals surface area contributed by atoms with Gasteiger partial charge in [0.05, 0.1) is 11.1 Å². The van der Waals surface area contributed by atoms with Crippen molar-refractivity contribution in [2.75, 3.05) is 39.3 Å². The van der Waals surface area contributed by atoms with Gasteiger partial charge in [-0.3, -0.25) is 9.59 Å². The quantitative estimate of drug-likeness (QED) is 0.233. The molecule has 0 spiro atoms. The van der Waals surface area contributed by atoms with Gasteiger partial charge in [0.2, 0.25) is 0 Å². The Labute approximate surface area is 259 Å². The zero-order chi connectivity index (χ0) is 33.4. The second-order valence-electron chi connectivity index (χ2n) is 11.2. The van der Waals surface area contributed by atoms with Gasteiger partial charge in [0.25, 0.3) is 11.6 Å². The Hall–Kier alpha value is -3.74. The van der Waals surface area contributed by atoms with E-state index in [0.29, 0.717) is 11.1 Å². The molecule has 45 heavy (non-hydrogen) atoms. The van der Waals surface area contributed by atoms with E-state index < -0.39 is 35.0 Å². The van der Waals surface area contributed by atoms with Crippen molar-refractivity contribution in [2.45, 2.75) is 70.1 Å². The normalized spacial score (nSPS) is 17.1. The maximum atomic E-state index is 12.7. The number of Topliss-reactive ketones (excluding diaryl/α,β-unsaturated/α-hetero) is 2. The van der Waals surface area contributed by atoms with Gasteiger partial charge in [-0.05, 0) is 106 Å². The van der Waals surface area contributed by atoms with E-state index in [9.17, 15) is 46.5 Å². The lowest BCUT2D eigenvalue weighted by molar-refractivity contribution is -0.0888. The lowest BCUT2D eigenvalue weighted by atomic mass is 9.84. The molecule has 0 bridgehead atoms. The molecule has 0 saturated carbocycles. The summed E-state index contributed by atoms with van der Waals surface area (Å²) >= 11 is 0. The zero-order valence-corrected chi connectivity index (χ0v) is 25.3. The van der Waals surface area contributed by atoms with Gasteiger partial charge in [0.15, 0.2) is 0 Å². The van der Waals surface area contributed by atoms with Gasteiger partial charge >= 0.3 is 12.4 Å². The second-order valence-corrected chi connectivity index (χ2v) is 11.2. The first kappa shape index (κ1) is 35.7. The minimum atomic E-state index is -4.96. The Morgan fingerprint density at radius 1 is 0.711 bits per heavy atom. The monoisotopic (exact) mass is 634 g/mol. The number of alkyl halides is 6. The van der Waals surface area contributed by atoms with Crippen molar-refractivity contribution < 1.29 is 35.9 Å². The van der Waals surface area contributed by atoms with E-state index in [1.807, 2.05) is 6.07 Å². The molecule has 0 atom stereocenters. The number of carbonyl (C=O) groups excluding carboxylic acids is 2. The van der Waals surface area contributed by atoms with E-state index in [0.717, 1.165) is 83.5 Å². The average molecular weight is 635 g/mol. The van der Waals surface area contributed by atoms with E-state index in [1.165, 1.54) is 12.1 Å². The molecule has 12 heteroatoms. The molecule has 2 aromatic rings. The molecule has 2 heterocycles. The van der Waals surface area contributed by atoms with Gasteiger partial charge in [-0.15, -0.1) is 0 Å². The molecule has 0 radical (unpaired) electrons. The fourth-order valence-electron chi connectivity index (χ4n) is 6.10. The molecule has 2 aliphatic rings. The summed E-state index contributed by atoms with van der Waals surface area (Å²) < 4.78 is 76.1. The Balaban J connectivity index is 0.000000246. The number of hydrogen-bond donors (Lipinski definition) is 0. The molecule has 6 nitrogen and oxygen atoms in total. The summed E-state index contributed by atoms with van der Waals surface area (Å²) in [6.07, 6.45) is -5.72. The third kappa shape index (κ3) is 8.93. The number of benzene rings is 2. The number of piperidine rings is 2. The van der Waals surface area contributed by atoms with Crippen molar-refractivity contribution in [2.24, 2.45) is 0 Å². The number of halogens is 6. The third-order valence-corrected chi connectivity index (χ3v) is 8.46. The summed E-state index contributed by atoms with van der Waals surface area (Å²) in [5.41, 5.74) is -0.186. The molecule has 2 aliphatic heterocycles. The minimum absolute atomic E-state index is 0.0263. The predicted octanol–water partition coefficient (Wildman–Crippen LogP) is 7.40. The van der Waals surface area contributed by atoms with Crippen LogP contribution in [0.5, 0.6) is 0 Å². The molecule has 0 N–H and O–H groups in total. The fourth-order valence-corrected chi connectivity index (χ4v) is 6.10. The first-order valence-electron chi connectivity index (χ1n) is 15.0. The maximum absolute atomic E-state index is 12.7. The van der Waals surface area contributed by atoms with Crippen LogP contribution in [-0.2, 0) is 0 Å². The highest BCUT2D eigenvalue weighted by atomic mass is 19.4. The smallest absolute Gasteiger partial charge is 0.304 e. The molecule has 4 rings (SSSR count). The molecule has 0 amide bonds. The highest BCUT2D eigenvalue weighted by Gasteiger charge is 2.42. The van der Waals surface area contributed by atoms with Crippen LogP contribution in [0.15, 0.2) is 36.4 Å². The summed E-state index contributed by atoms with van der Waals surface area (Å²) in [6, 6.07) is 12.0. The van der Waals surface area contributed by atoms with E-state index in [4.69, 9.17) is 0 Å². The Morgan fingerprint density at radius 3 is 1.40 bits per heavy atom. The molecule has 0 unspecified atom stereocenters. The van der Waals surface area contributed by atoms with Crippen LogP contribution in [0, 0.1) is 22.7 Å². The summed E-state index contributed by atoms with van der Waals surface area (Å²) in [6.45, 7) is 9.53. The molecule has 0 aliphatic carbocycles. The van der Waals surface area contributed by atoms with Crippen molar-refractivity contribution in [3.63, 3.8) is 0 Å². The minimum Gasteiger partial charge on any atom is -0.304 e. The van der Waals surface area contributed by atoms with Crippen LogP contribution in [0.25, 0.3) is 0 Å². The summed E-state index contributed by atoms with van der Waals surface area (Å²) in [5, 5.41) is 18.6. The molecular weight excluding hydrogens is 598 g/mol. The summed E-state index contributed by atoms with van der Waals surface area (Å²) in [7, 11) is 0. The number of hydrogen-bond acceptors (Lipinski definition) is 6. The van der Waals surface area contributed by atoms with E-state index in [-0.39, 0.29) is 23.0 Å². The largest absolute Gasteiger partial charge is 0.454 e. The van der Waals surface area contributed by atoms with Gasteiger partial charge in [-0.25, -0.2) is 0 Å². The highest BCUT2D eigenvalue weighted by molar-refractivity contribution is 6.03. The molecule has 2 saturated heterocycles. The van der Waals surface area contributed by atoms with Gasteiger partial charge < -0.3 is 9.80 Å². The van der Waals surface area contributed by atoms with Crippen molar-refractivity contribution in [1.82, 2.24) is 9.80 Å². The standard InChI is InChI=1S/C17H19F3N2O.C16H17F3N2O/c1-2-8-22-9-6-12(7-10-22)13-4-3-5-14(15(13)11-21)16(23)17(18,19)20;1-2-21-8-6-11(7-9-21)12-4-3-5-13(14(12)10-20)15(22)16(17,18)19/h3-5,12H,2,6-10H2,1H3;3-5,11H,2,6-9H2,1H3. The van der Waals surface area contributed by atoms with Crippen LogP contribution >= 0.6 is 0 Å². The Morgan fingerprint density at radius 2 is 1.09 bits per heavy atom. The topological polar surface area (TPSA) is 88.2 Å². The molecule has 0 aromatic heterocycles. The zero-order valence-electron chi connectivity index (χ0n) is 25.3. The fraction of sp³-hybridized carbons (Fsp3) is 0.515. The number of likely N-dealkylation sites (tertiary alicyclic amines) is 2. The average Bonchev–Trinajstić information content (AvgIpc) is 3.03. The van der Waals surface area contributed by atoms with Crippen molar-refractivity contribution >= 4 is 11.6 Å². The van der Waals surface area contributed by atoms with E-state index in [1.54, 1.807) is 18.2 Å². The van der Waals surface area contributed by atoms with Crippen molar-refractivity contribution in [1.29, 1.82) is 10.5 Å².